The number of benzene rings is 1. The Hall–Kier alpha value is -0.780. The second-order valence-corrected chi connectivity index (χ2v) is 4.17. The third kappa shape index (κ3) is 2.62. The normalized spacial score (nSPS) is 14.7. The summed E-state index contributed by atoms with van der Waals surface area (Å²) in [6.45, 7) is 1.61. The molecule has 4 nitrogen and oxygen atoms in total. The summed E-state index contributed by atoms with van der Waals surface area (Å²) in [5.41, 5.74) is 6.47. The van der Waals surface area contributed by atoms with Crippen LogP contribution in [0.3, 0.4) is 0 Å². The Morgan fingerprint density at radius 2 is 2.07 bits per heavy atom. The maximum atomic E-state index is 9.57. The van der Waals surface area contributed by atoms with Gasteiger partial charge in [0.25, 0.3) is 0 Å². The van der Waals surface area contributed by atoms with Gasteiger partial charge < -0.3 is 20.7 Å². The van der Waals surface area contributed by atoms with Gasteiger partial charge in [0.15, 0.2) is 11.5 Å². The van der Waals surface area contributed by atoms with Gasteiger partial charge in [-0.1, -0.05) is 0 Å². The number of aliphatic hydroxyl groups excluding tert-OH is 1. The van der Waals surface area contributed by atoms with Crippen LogP contribution < -0.4 is 10.5 Å². The summed E-state index contributed by atoms with van der Waals surface area (Å²) >= 11 is 3.19. The molecular weight excluding hydrogens is 262 g/mol. The van der Waals surface area contributed by atoms with Gasteiger partial charge in [-0.15, -0.1) is 0 Å². The molecule has 15 heavy (non-hydrogen) atoms. The van der Waals surface area contributed by atoms with Crippen molar-refractivity contribution < 1.29 is 14.9 Å². The van der Waals surface area contributed by atoms with E-state index in [1.807, 2.05) is 0 Å². The van der Waals surface area contributed by atoms with Gasteiger partial charge in [0.2, 0.25) is 0 Å². The Balaban J connectivity index is 3.16. The Morgan fingerprint density at radius 1 is 1.47 bits per heavy atom. The summed E-state index contributed by atoms with van der Waals surface area (Å²) in [7, 11) is 1.46. The molecule has 0 bridgehead atoms. The van der Waals surface area contributed by atoms with E-state index in [2.05, 4.69) is 15.9 Å². The van der Waals surface area contributed by atoms with Crippen LogP contribution in [0.5, 0.6) is 11.5 Å². The zero-order valence-corrected chi connectivity index (χ0v) is 10.2. The van der Waals surface area contributed by atoms with E-state index < -0.39 is 12.1 Å². The van der Waals surface area contributed by atoms with Crippen molar-refractivity contribution in [3.8, 4) is 11.5 Å². The average molecular weight is 276 g/mol. The van der Waals surface area contributed by atoms with E-state index in [0.29, 0.717) is 15.8 Å². The third-order valence-electron chi connectivity index (χ3n) is 2.18. The van der Waals surface area contributed by atoms with Crippen LogP contribution in [-0.4, -0.2) is 23.4 Å². The van der Waals surface area contributed by atoms with Crippen molar-refractivity contribution in [2.75, 3.05) is 7.11 Å². The van der Waals surface area contributed by atoms with Gasteiger partial charge in [0.1, 0.15) is 0 Å². The van der Waals surface area contributed by atoms with Gasteiger partial charge in [-0.05, 0) is 40.5 Å². The monoisotopic (exact) mass is 275 g/mol. The van der Waals surface area contributed by atoms with Crippen LogP contribution in [0.15, 0.2) is 16.6 Å². The maximum Gasteiger partial charge on any atom is 0.172 e. The lowest BCUT2D eigenvalue weighted by Gasteiger charge is -2.17. The molecule has 0 radical (unpaired) electrons. The minimum absolute atomic E-state index is 0.0269. The van der Waals surface area contributed by atoms with Crippen LogP contribution in [0.2, 0.25) is 0 Å². The van der Waals surface area contributed by atoms with Crippen LogP contribution in [0.25, 0.3) is 0 Å². The van der Waals surface area contributed by atoms with Crippen molar-refractivity contribution >= 4 is 15.9 Å². The summed E-state index contributed by atoms with van der Waals surface area (Å²) in [6.07, 6.45) is -0.661. The SMILES string of the molecule is COc1cc([C@H](N)[C@@H](C)O)cc(Br)c1O. The molecule has 0 saturated heterocycles. The van der Waals surface area contributed by atoms with Crippen molar-refractivity contribution in [3.05, 3.63) is 22.2 Å². The Bertz CT molecular complexity index is 355. The van der Waals surface area contributed by atoms with Crippen molar-refractivity contribution in [2.24, 2.45) is 5.73 Å². The predicted molar refractivity (Wildman–Crippen MR) is 61.0 cm³/mol. The fourth-order valence-electron chi connectivity index (χ4n) is 1.22. The van der Waals surface area contributed by atoms with E-state index >= 15 is 0 Å². The fourth-order valence-corrected chi connectivity index (χ4v) is 1.68. The van der Waals surface area contributed by atoms with Crippen molar-refractivity contribution in [2.45, 2.75) is 19.1 Å². The number of hydrogen-bond acceptors (Lipinski definition) is 4. The summed E-state index contributed by atoms with van der Waals surface area (Å²) in [4.78, 5) is 0. The number of aliphatic hydroxyl groups is 1. The standard InChI is InChI=1S/C10H14BrNO3/c1-5(13)9(12)6-3-7(11)10(14)8(4-6)15-2/h3-5,9,13-14H,12H2,1-2H3/t5-,9-/m1/s1. The molecule has 0 aliphatic carbocycles. The number of phenols is 1. The van der Waals surface area contributed by atoms with Crippen molar-refractivity contribution in [1.29, 1.82) is 0 Å². The minimum Gasteiger partial charge on any atom is -0.503 e. The number of aromatic hydroxyl groups is 1. The smallest absolute Gasteiger partial charge is 0.172 e. The van der Waals surface area contributed by atoms with Gasteiger partial charge in [-0.3, -0.25) is 0 Å². The van der Waals surface area contributed by atoms with Crippen LogP contribution in [0, 0.1) is 0 Å². The molecule has 2 atom stereocenters. The highest BCUT2D eigenvalue weighted by atomic mass is 79.9. The van der Waals surface area contributed by atoms with E-state index in [1.54, 1.807) is 19.1 Å². The van der Waals surface area contributed by atoms with E-state index in [-0.39, 0.29) is 5.75 Å². The third-order valence-corrected chi connectivity index (χ3v) is 2.78. The molecule has 1 rings (SSSR count). The summed E-state index contributed by atoms with van der Waals surface area (Å²) < 4.78 is 5.47. The molecule has 0 aromatic heterocycles. The number of hydrogen-bond donors (Lipinski definition) is 3. The van der Waals surface area contributed by atoms with E-state index in [4.69, 9.17) is 10.5 Å². The lowest BCUT2D eigenvalue weighted by Crippen LogP contribution is -2.23. The van der Waals surface area contributed by atoms with Gasteiger partial charge in [-0.2, -0.15) is 0 Å². The van der Waals surface area contributed by atoms with Crippen LogP contribution in [0.4, 0.5) is 0 Å². The first kappa shape index (κ1) is 12.3. The molecule has 1 aromatic rings. The van der Waals surface area contributed by atoms with E-state index in [0.717, 1.165) is 0 Å². The predicted octanol–water partition coefficient (Wildman–Crippen LogP) is 1.54. The highest BCUT2D eigenvalue weighted by Gasteiger charge is 2.16. The first-order chi connectivity index (χ1) is 6.97. The number of rotatable bonds is 3. The molecule has 0 aliphatic rings. The summed E-state index contributed by atoms with van der Waals surface area (Å²) in [6, 6.07) is 2.77. The fraction of sp³-hybridized carbons (Fsp3) is 0.400. The number of halogens is 1. The topological polar surface area (TPSA) is 75.7 Å². The molecule has 5 heteroatoms. The maximum absolute atomic E-state index is 9.57. The zero-order chi connectivity index (χ0) is 11.6. The van der Waals surface area contributed by atoms with Crippen LogP contribution in [0.1, 0.15) is 18.5 Å². The highest BCUT2D eigenvalue weighted by Crippen LogP contribution is 2.36. The lowest BCUT2D eigenvalue weighted by molar-refractivity contribution is 0.164. The summed E-state index contributed by atoms with van der Waals surface area (Å²) in [5, 5.41) is 18.9. The van der Waals surface area contributed by atoms with Gasteiger partial charge in [0.05, 0.1) is 23.7 Å². The number of methoxy groups -OCH3 is 1. The molecule has 4 N–H and O–H groups in total. The van der Waals surface area contributed by atoms with E-state index in [1.165, 1.54) is 7.11 Å². The minimum atomic E-state index is -0.661. The molecule has 0 aliphatic heterocycles. The first-order valence-corrected chi connectivity index (χ1v) is 5.26. The van der Waals surface area contributed by atoms with Crippen molar-refractivity contribution in [3.63, 3.8) is 0 Å². The Kier molecular flexibility index (Phi) is 3.96. The van der Waals surface area contributed by atoms with Crippen LogP contribution in [-0.2, 0) is 0 Å². The molecular formula is C10H14BrNO3. The average Bonchev–Trinajstić information content (AvgIpc) is 2.20. The quantitative estimate of drug-likeness (QED) is 0.782. The molecule has 0 spiro atoms. The Labute approximate surface area is 96.8 Å². The number of phenolic OH excluding ortho intramolecular Hbond substituents is 1. The van der Waals surface area contributed by atoms with Gasteiger partial charge in [0, 0.05) is 0 Å². The second kappa shape index (κ2) is 4.83. The molecule has 0 fully saturated rings. The summed E-state index contributed by atoms with van der Waals surface area (Å²) in [5.74, 6) is 0.356. The van der Waals surface area contributed by atoms with Gasteiger partial charge in [-0.25, -0.2) is 0 Å². The van der Waals surface area contributed by atoms with Crippen molar-refractivity contribution in [1.82, 2.24) is 0 Å². The van der Waals surface area contributed by atoms with Gasteiger partial charge >= 0.3 is 0 Å². The largest absolute Gasteiger partial charge is 0.503 e. The van der Waals surface area contributed by atoms with E-state index in [9.17, 15) is 10.2 Å². The molecule has 0 amide bonds. The number of ether oxygens (including phenoxy) is 1. The first-order valence-electron chi connectivity index (χ1n) is 4.47. The van der Waals surface area contributed by atoms with Crippen LogP contribution >= 0.6 is 15.9 Å². The molecule has 84 valence electrons. The number of nitrogens with two attached hydrogens (primary N) is 1. The lowest BCUT2D eigenvalue weighted by atomic mass is 10.0. The Morgan fingerprint density at radius 3 is 2.53 bits per heavy atom. The highest BCUT2D eigenvalue weighted by molar-refractivity contribution is 9.10. The molecule has 1 aromatic carbocycles. The molecule has 0 unspecified atom stereocenters. The molecule has 0 saturated carbocycles. The zero-order valence-electron chi connectivity index (χ0n) is 8.57. The second-order valence-electron chi connectivity index (χ2n) is 3.32. The molecule has 0 heterocycles.